The van der Waals surface area contributed by atoms with Gasteiger partial charge in [-0.25, -0.2) is 0 Å². The van der Waals surface area contributed by atoms with Crippen LogP contribution in [0, 0.1) is 0 Å². The molecule has 1 aromatic rings. The third-order valence-electron chi connectivity index (χ3n) is 2.21. The van der Waals surface area contributed by atoms with Gasteiger partial charge in [-0.15, -0.1) is 0 Å². The van der Waals surface area contributed by atoms with Crippen molar-refractivity contribution in [2.45, 2.75) is 18.4 Å². The summed E-state index contributed by atoms with van der Waals surface area (Å²) in [5.74, 6) is 0.881. The molecule has 1 saturated carbocycles. The minimum Gasteiger partial charge on any atom is -0.492 e. The molecule has 1 aliphatic rings. The maximum atomic E-state index is 5.90. The first-order valence-electron chi connectivity index (χ1n) is 4.35. The van der Waals surface area contributed by atoms with E-state index in [2.05, 4.69) is 15.9 Å². The molecule has 0 amide bonds. The van der Waals surface area contributed by atoms with Gasteiger partial charge in [0, 0.05) is 4.47 Å². The Labute approximate surface area is 86.2 Å². The summed E-state index contributed by atoms with van der Waals surface area (Å²) in [6.07, 6.45) is 2.17. The van der Waals surface area contributed by atoms with Crippen molar-refractivity contribution < 1.29 is 4.74 Å². The highest BCUT2D eigenvalue weighted by atomic mass is 79.9. The van der Waals surface area contributed by atoms with Crippen LogP contribution in [0.25, 0.3) is 0 Å². The molecule has 0 unspecified atom stereocenters. The molecule has 1 fully saturated rings. The van der Waals surface area contributed by atoms with Gasteiger partial charge in [0.1, 0.15) is 12.4 Å². The number of hydrogen-bond donors (Lipinski definition) is 1. The molecule has 2 nitrogen and oxygen atoms in total. The van der Waals surface area contributed by atoms with Crippen LogP contribution in [0.15, 0.2) is 28.7 Å². The lowest BCUT2D eigenvalue weighted by Gasteiger charge is -2.10. The predicted molar refractivity (Wildman–Crippen MR) is 55.8 cm³/mol. The first kappa shape index (κ1) is 9.03. The van der Waals surface area contributed by atoms with Gasteiger partial charge in [0.2, 0.25) is 0 Å². The van der Waals surface area contributed by atoms with E-state index in [0.717, 1.165) is 23.1 Å². The van der Waals surface area contributed by atoms with E-state index in [1.54, 1.807) is 0 Å². The van der Waals surface area contributed by atoms with Gasteiger partial charge in [0.15, 0.2) is 0 Å². The van der Waals surface area contributed by atoms with Crippen molar-refractivity contribution in [1.29, 1.82) is 0 Å². The second-order valence-electron chi connectivity index (χ2n) is 3.61. The molecule has 0 aromatic heterocycles. The maximum absolute atomic E-state index is 5.90. The van der Waals surface area contributed by atoms with Crippen molar-refractivity contribution in [3.05, 3.63) is 28.7 Å². The summed E-state index contributed by atoms with van der Waals surface area (Å²) >= 11 is 3.39. The molecule has 2 rings (SSSR count). The minimum absolute atomic E-state index is 0.0394. The molecule has 1 aromatic carbocycles. The number of ether oxygens (including phenoxy) is 1. The molecular formula is C10H12BrNO. The van der Waals surface area contributed by atoms with Crippen molar-refractivity contribution in [2.24, 2.45) is 5.73 Å². The average molecular weight is 242 g/mol. The molecule has 1 aliphatic carbocycles. The van der Waals surface area contributed by atoms with Crippen LogP contribution in [0.5, 0.6) is 5.75 Å². The fourth-order valence-corrected chi connectivity index (χ4v) is 1.47. The number of halogens is 1. The summed E-state index contributed by atoms with van der Waals surface area (Å²) in [4.78, 5) is 0. The zero-order chi connectivity index (χ0) is 9.31. The van der Waals surface area contributed by atoms with E-state index in [1.807, 2.05) is 24.3 Å². The van der Waals surface area contributed by atoms with Crippen LogP contribution in [0.1, 0.15) is 12.8 Å². The van der Waals surface area contributed by atoms with E-state index >= 15 is 0 Å². The Morgan fingerprint density at radius 2 is 2.23 bits per heavy atom. The maximum Gasteiger partial charge on any atom is 0.120 e. The first-order chi connectivity index (χ1) is 6.18. The topological polar surface area (TPSA) is 35.2 Å². The molecule has 3 heteroatoms. The Kier molecular flexibility index (Phi) is 2.30. The van der Waals surface area contributed by atoms with Crippen LogP contribution < -0.4 is 10.5 Å². The van der Waals surface area contributed by atoms with E-state index in [0.29, 0.717) is 6.61 Å². The number of benzene rings is 1. The van der Waals surface area contributed by atoms with Gasteiger partial charge in [0.05, 0.1) is 5.54 Å². The summed E-state index contributed by atoms with van der Waals surface area (Å²) in [5.41, 5.74) is 5.86. The Hall–Kier alpha value is -0.540. The van der Waals surface area contributed by atoms with Gasteiger partial charge in [-0.3, -0.25) is 0 Å². The molecule has 0 bridgehead atoms. The molecule has 0 radical (unpaired) electrons. The molecule has 2 N–H and O–H groups in total. The second kappa shape index (κ2) is 3.31. The van der Waals surface area contributed by atoms with E-state index in [4.69, 9.17) is 10.5 Å². The standard InChI is InChI=1S/C10H12BrNO/c11-8-2-1-3-9(6-8)13-7-10(12)4-5-10/h1-3,6H,4-5,7,12H2. The normalized spacial score (nSPS) is 18.3. The number of hydrogen-bond acceptors (Lipinski definition) is 2. The Morgan fingerprint density at radius 3 is 2.85 bits per heavy atom. The molecule has 0 saturated heterocycles. The summed E-state index contributed by atoms with van der Waals surface area (Å²) in [5, 5.41) is 0. The molecule has 70 valence electrons. The highest BCUT2D eigenvalue weighted by molar-refractivity contribution is 9.10. The summed E-state index contributed by atoms with van der Waals surface area (Å²) in [6, 6.07) is 7.82. The number of nitrogens with two attached hydrogens (primary N) is 1. The first-order valence-corrected chi connectivity index (χ1v) is 5.15. The van der Waals surface area contributed by atoms with Gasteiger partial charge in [0.25, 0.3) is 0 Å². The zero-order valence-corrected chi connectivity index (χ0v) is 8.88. The van der Waals surface area contributed by atoms with Crippen molar-refractivity contribution in [3.8, 4) is 5.75 Å². The Morgan fingerprint density at radius 1 is 1.46 bits per heavy atom. The molecule has 0 spiro atoms. The van der Waals surface area contributed by atoms with E-state index in [9.17, 15) is 0 Å². The summed E-state index contributed by atoms with van der Waals surface area (Å²) in [6.45, 7) is 0.628. The Bertz CT molecular complexity index is 310. The third-order valence-corrected chi connectivity index (χ3v) is 2.71. The van der Waals surface area contributed by atoms with Gasteiger partial charge in [-0.2, -0.15) is 0 Å². The van der Waals surface area contributed by atoms with Crippen molar-refractivity contribution in [2.75, 3.05) is 6.61 Å². The third kappa shape index (κ3) is 2.45. The van der Waals surface area contributed by atoms with Crippen LogP contribution in [-0.4, -0.2) is 12.1 Å². The number of rotatable bonds is 3. The lowest BCUT2D eigenvalue weighted by Crippen LogP contribution is -2.29. The monoisotopic (exact) mass is 241 g/mol. The van der Waals surface area contributed by atoms with E-state index in [1.165, 1.54) is 0 Å². The van der Waals surface area contributed by atoms with Crippen LogP contribution in [0.3, 0.4) is 0 Å². The van der Waals surface area contributed by atoms with Crippen LogP contribution in [0.2, 0.25) is 0 Å². The van der Waals surface area contributed by atoms with Crippen molar-refractivity contribution in [3.63, 3.8) is 0 Å². The van der Waals surface area contributed by atoms with Crippen LogP contribution in [0.4, 0.5) is 0 Å². The Balaban J connectivity index is 1.94. The van der Waals surface area contributed by atoms with Crippen molar-refractivity contribution in [1.82, 2.24) is 0 Å². The van der Waals surface area contributed by atoms with Crippen LogP contribution in [-0.2, 0) is 0 Å². The largest absolute Gasteiger partial charge is 0.492 e. The van der Waals surface area contributed by atoms with E-state index < -0.39 is 0 Å². The van der Waals surface area contributed by atoms with E-state index in [-0.39, 0.29) is 5.54 Å². The SMILES string of the molecule is NC1(COc2cccc(Br)c2)CC1. The van der Waals surface area contributed by atoms with Gasteiger partial charge in [-0.05, 0) is 31.0 Å². The second-order valence-corrected chi connectivity index (χ2v) is 4.52. The summed E-state index contributed by atoms with van der Waals surface area (Å²) in [7, 11) is 0. The van der Waals surface area contributed by atoms with Gasteiger partial charge < -0.3 is 10.5 Å². The minimum atomic E-state index is -0.0394. The smallest absolute Gasteiger partial charge is 0.120 e. The molecular weight excluding hydrogens is 230 g/mol. The van der Waals surface area contributed by atoms with Crippen LogP contribution >= 0.6 is 15.9 Å². The lowest BCUT2D eigenvalue weighted by atomic mass is 10.3. The van der Waals surface area contributed by atoms with Gasteiger partial charge >= 0.3 is 0 Å². The molecule has 13 heavy (non-hydrogen) atoms. The van der Waals surface area contributed by atoms with Crippen molar-refractivity contribution >= 4 is 15.9 Å². The quantitative estimate of drug-likeness (QED) is 0.882. The predicted octanol–water partition coefficient (Wildman–Crippen LogP) is 2.32. The fraction of sp³-hybridized carbons (Fsp3) is 0.400. The molecule has 0 heterocycles. The summed E-state index contributed by atoms with van der Waals surface area (Å²) < 4.78 is 6.59. The highest BCUT2D eigenvalue weighted by Gasteiger charge is 2.39. The zero-order valence-electron chi connectivity index (χ0n) is 7.29. The highest BCUT2D eigenvalue weighted by Crippen LogP contribution is 2.32. The molecule has 0 aliphatic heterocycles. The average Bonchev–Trinajstić information content (AvgIpc) is 2.82. The molecule has 0 atom stereocenters. The van der Waals surface area contributed by atoms with Gasteiger partial charge in [-0.1, -0.05) is 22.0 Å². The fourth-order valence-electron chi connectivity index (χ4n) is 1.09. The lowest BCUT2D eigenvalue weighted by molar-refractivity contribution is 0.279.